The molecule has 13 heteroatoms. The van der Waals surface area contributed by atoms with Gasteiger partial charge in [0.05, 0.1) is 44.1 Å². The second kappa shape index (κ2) is 8.82. The van der Waals surface area contributed by atoms with Crippen molar-refractivity contribution in [3.05, 3.63) is 60.3 Å². The van der Waals surface area contributed by atoms with E-state index in [1.54, 1.807) is 18.3 Å². The number of amidine groups is 1. The van der Waals surface area contributed by atoms with E-state index in [1.165, 1.54) is 31.3 Å². The normalized spacial score (nSPS) is 21.5. The van der Waals surface area contributed by atoms with Crippen molar-refractivity contribution in [3.8, 4) is 5.88 Å². The maximum Gasteiger partial charge on any atom is 0.275 e. The molecular formula is C21H20FN9O2S. The zero-order valence-corrected chi connectivity index (χ0v) is 18.9. The van der Waals surface area contributed by atoms with Crippen LogP contribution >= 0.6 is 11.8 Å². The molecule has 0 aromatic carbocycles. The largest absolute Gasteiger partial charge is 0.480 e. The average molecular weight is 482 g/mol. The number of carbonyl (C=O) groups excluding carboxylic acids is 1. The summed E-state index contributed by atoms with van der Waals surface area (Å²) in [4.78, 5) is 40.3. The van der Waals surface area contributed by atoms with Gasteiger partial charge in [-0.2, -0.15) is 0 Å². The number of aromatic nitrogens is 5. The molecule has 0 saturated carbocycles. The molecule has 0 spiro atoms. The van der Waals surface area contributed by atoms with Crippen LogP contribution in [0.4, 0.5) is 16.0 Å². The van der Waals surface area contributed by atoms with E-state index in [-0.39, 0.29) is 11.6 Å². The Hall–Kier alpha value is -3.87. The van der Waals surface area contributed by atoms with Gasteiger partial charge in [-0.05, 0) is 12.1 Å². The van der Waals surface area contributed by atoms with Crippen molar-refractivity contribution in [3.63, 3.8) is 0 Å². The molecule has 11 nitrogen and oxygen atoms in total. The lowest BCUT2D eigenvalue weighted by Gasteiger charge is -2.33. The summed E-state index contributed by atoms with van der Waals surface area (Å²) in [6.45, 7) is 1.02. The molecule has 0 unspecified atom stereocenters. The summed E-state index contributed by atoms with van der Waals surface area (Å²) in [5.74, 6) is 0.596. The van der Waals surface area contributed by atoms with Gasteiger partial charge in [0, 0.05) is 30.1 Å². The number of methoxy groups -OCH3 is 1. The molecule has 0 aliphatic carbocycles. The number of thioether (sulfide) groups is 1. The molecule has 2 atom stereocenters. The van der Waals surface area contributed by atoms with Crippen LogP contribution in [0.5, 0.6) is 5.88 Å². The van der Waals surface area contributed by atoms with Crippen LogP contribution in [0.3, 0.4) is 0 Å². The minimum absolute atomic E-state index is 0.0596. The highest BCUT2D eigenvalue weighted by atomic mass is 32.2. The van der Waals surface area contributed by atoms with Gasteiger partial charge in [-0.25, -0.2) is 29.3 Å². The van der Waals surface area contributed by atoms with Gasteiger partial charge in [0.25, 0.3) is 5.91 Å². The third kappa shape index (κ3) is 4.09. The first kappa shape index (κ1) is 21.9. The molecule has 1 saturated heterocycles. The number of ether oxygens (including phenoxy) is 1. The number of hydrogen-bond donors (Lipinski definition) is 2. The van der Waals surface area contributed by atoms with Crippen molar-refractivity contribution in [2.24, 2.45) is 16.6 Å². The summed E-state index contributed by atoms with van der Waals surface area (Å²) in [6, 6.07) is 3.47. The van der Waals surface area contributed by atoms with Crippen molar-refractivity contribution in [2.75, 3.05) is 36.2 Å². The molecule has 34 heavy (non-hydrogen) atoms. The molecule has 0 bridgehead atoms. The highest BCUT2D eigenvalue weighted by molar-refractivity contribution is 8.13. The van der Waals surface area contributed by atoms with Crippen molar-refractivity contribution < 1.29 is 13.9 Å². The van der Waals surface area contributed by atoms with Crippen LogP contribution in [0.2, 0.25) is 0 Å². The topological polar surface area (TPSA) is 144 Å². The lowest BCUT2D eigenvalue weighted by Crippen LogP contribution is -2.40. The molecule has 5 heterocycles. The number of halogens is 1. The molecule has 1 fully saturated rings. The Balaban J connectivity index is 1.44. The SMILES string of the molecule is COc1cnc(C(=O)Nc2ccnc([C@]34CN(c5ncc(F)cn5)C[C@H]3CSC(N)=N4)c2)cn1. The van der Waals surface area contributed by atoms with E-state index in [9.17, 15) is 9.18 Å². The van der Waals surface area contributed by atoms with E-state index in [0.717, 1.165) is 18.1 Å². The van der Waals surface area contributed by atoms with Gasteiger partial charge >= 0.3 is 0 Å². The Morgan fingerprint density at radius 3 is 2.79 bits per heavy atom. The zero-order chi connectivity index (χ0) is 23.7. The lowest BCUT2D eigenvalue weighted by molar-refractivity contribution is 0.102. The predicted molar refractivity (Wildman–Crippen MR) is 124 cm³/mol. The van der Waals surface area contributed by atoms with Crippen molar-refractivity contribution >= 4 is 34.5 Å². The number of hydrogen-bond acceptors (Lipinski definition) is 11. The van der Waals surface area contributed by atoms with Crippen molar-refractivity contribution in [1.82, 2.24) is 24.9 Å². The predicted octanol–water partition coefficient (Wildman–Crippen LogP) is 1.45. The fourth-order valence-corrected chi connectivity index (χ4v) is 5.06. The number of carbonyl (C=O) groups is 1. The zero-order valence-electron chi connectivity index (χ0n) is 18.1. The number of rotatable bonds is 5. The van der Waals surface area contributed by atoms with Crippen LogP contribution < -0.4 is 20.7 Å². The third-order valence-electron chi connectivity index (χ3n) is 5.71. The van der Waals surface area contributed by atoms with E-state index in [1.807, 2.05) is 4.90 Å². The van der Waals surface area contributed by atoms with E-state index in [0.29, 0.717) is 41.5 Å². The Bertz CT molecular complexity index is 1240. The average Bonchev–Trinajstić information content (AvgIpc) is 3.24. The molecule has 3 N–H and O–H groups in total. The smallest absolute Gasteiger partial charge is 0.275 e. The van der Waals surface area contributed by atoms with Crippen LogP contribution in [0.1, 0.15) is 16.2 Å². The van der Waals surface area contributed by atoms with Crippen LogP contribution in [-0.4, -0.2) is 61.9 Å². The second-order valence-electron chi connectivity index (χ2n) is 7.79. The monoisotopic (exact) mass is 481 g/mol. The number of nitrogens with two attached hydrogens (primary N) is 1. The summed E-state index contributed by atoms with van der Waals surface area (Å²) in [5.41, 5.74) is 6.70. The minimum atomic E-state index is -0.756. The fourth-order valence-electron chi connectivity index (χ4n) is 4.08. The molecule has 2 aliphatic rings. The summed E-state index contributed by atoms with van der Waals surface area (Å²) in [6.07, 6.45) is 6.60. The van der Waals surface area contributed by atoms with Crippen LogP contribution in [0.25, 0.3) is 0 Å². The number of nitrogens with one attached hydrogen (secondary N) is 1. The number of nitrogens with zero attached hydrogens (tertiary/aromatic N) is 7. The fraction of sp³-hybridized carbons (Fsp3) is 0.286. The van der Waals surface area contributed by atoms with E-state index >= 15 is 0 Å². The molecule has 5 rings (SSSR count). The summed E-state index contributed by atoms with van der Waals surface area (Å²) in [5, 5.41) is 3.29. The van der Waals surface area contributed by atoms with Crippen molar-refractivity contribution in [1.29, 1.82) is 0 Å². The van der Waals surface area contributed by atoms with Crippen LogP contribution in [0.15, 0.2) is 48.1 Å². The quantitative estimate of drug-likeness (QED) is 0.549. The van der Waals surface area contributed by atoms with Gasteiger partial charge in [-0.15, -0.1) is 0 Å². The van der Waals surface area contributed by atoms with Gasteiger partial charge in [0.1, 0.15) is 11.2 Å². The summed E-state index contributed by atoms with van der Waals surface area (Å²) < 4.78 is 18.3. The highest BCUT2D eigenvalue weighted by Crippen LogP contribution is 2.45. The van der Waals surface area contributed by atoms with Gasteiger partial charge in [0.2, 0.25) is 11.8 Å². The molecule has 174 valence electrons. The van der Waals surface area contributed by atoms with Gasteiger partial charge in [0.15, 0.2) is 11.0 Å². The maximum atomic E-state index is 13.3. The first-order valence-corrected chi connectivity index (χ1v) is 11.3. The molecule has 0 radical (unpaired) electrons. The number of amides is 1. The molecular weight excluding hydrogens is 461 g/mol. The lowest BCUT2D eigenvalue weighted by atomic mass is 9.85. The Morgan fingerprint density at radius 1 is 1.24 bits per heavy atom. The molecule has 3 aromatic rings. The van der Waals surface area contributed by atoms with Gasteiger partial charge < -0.3 is 20.7 Å². The van der Waals surface area contributed by atoms with E-state index < -0.39 is 17.3 Å². The Kier molecular flexibility index (Phi) is 5.69. The Labute approximate surface area is 198 Å². The Morgan fingerprint density at radius 2 is 2.06 bits per heavy atom. The maximum absolute atomic E-state index is 13.3. The van der Waals surface area contributed by atoms with E-state index in [4.69, 9.17) is 15.5 Å². The number of pyridine rings is 1. The second-order valence-corrected chi connectivity index (χ2v) is 8.83. The molecule has 3 aromatic heterocycles. The molecule has 1 amide bonds. The summed E-state index contributed by atoms with van der Waals surface area (Å²) in [7, 11) is 1.47. The number of anilines is 2. The van der Waals surface area contributed by atoms with Crippen molar-refractivity contribution in [2.45, 2.75) is 5.54 Å². The first-order valence-electron chi connectivity index (χ1n) is 10.3. The standard InChI is InChI=1S/C21H20FN9O2S/c1-33-17-8-25-15(7-26-17)18(32)29-14-2-3-24-16(4-14)21-11-31(20-27-5-13(22)6-28-20)9-12(21)10-34-19(23)30-21/h2-8,12H,9-11H2,1H3,(H2,23,30)(H,24,29,32)/t12-,21-/m0/s1. The first-order chi connectivity index (χ1) is 16.5. The highest BCUT2D eigenvalue weighted by Gasteiger charge is 2.51. The minimum Gasteiger partial charge on any atom is -0.480 e. The van der Waals surface area contributed by atoms with Gasteiger partial charge in [-0.3, -0.25) is 9.78 Å². The number of aliphatic imine (C=N–C) groups is 1. The number of fused-ring (bicyclic) bond motifs is 1. The summed E-state index contributed by atoms with van der Waals surface area (Å²) >= 11 is 1.48. The van der Waals surface area contributed by atoms with Crippen LogP contribution in [-0.2, 0) is 5.54 Å². The van der Waals surface area contributed by atoms with Gasteiger partial charge in [-0.1, -0.05) is 11.8 Å². The van der Waals surface area contributed by atoms with E-state index in [2.05, 4.69) is 30.2 Å². The third-order valence-corrected chi connectivity index (χ3v) is 6.67. The van der Waals surface area contributed by atoms with Crippen LogP contribution in [0, 0.1) is 11.7 Å². The molecule has 2 aliphatic heterocycles.